The Hall–Kier alpha value is -0.910. The molecule has 1 aliphatic rings. The number of ether oxygens (including phenoxy) is 1. The van der Waals surface area contributed by atoms with Gasteiger partial charge in [0.15, 0.2) is 0 Å². The van der Waals surface area contributed by atoms with Crippen LogP contribution in [0.5, 0.6) is 0 Å². The topological polar surface area (TPSA) is 46.6 Å². The molecule has 1 saturated heterocycles. The number of sulfonamides is 1. The summed E-state index contributed by atoms with van der Waals surface area (Å²) in [7, 11) is -3.37. The number of nitrogens with zero attached hydrogens (tertiary/aromatic N) is 1. The largest absolute Gasteiger partial charge is 0.374 e. The van der Waals surface area contributed by atoms with Crippen LogP contribution in [0.1, 0.15) is 39.2 Å². The van der Waals surface area contributed by atoms with E-state index in [2.05, 4.69) is 6.92 Å². The fourth-order valence-corrected chi connectivity index (χ4v) is 3.97. The van der Waals surface area contributed by atoms with Crippen molar-refractivity contribution in [1.29, 1.82) is 0 Å². The van der Waals surface area contributed by atoms with Crippen molar-refractivity contribution in [3.8, 4) is 0 Å². The number of benzene rings is 1. The molecule has 118 valence electrons. The Morgan fingerprint density at radius 2 is 1.95 bits per heavy atom. The molecule has 0 aliphatic carbocycles. The van der Waals surface area contributed by atoms with Crippen molar-refractivity contribution in [2.75, 3.05) is 13.1 Å². The summed E-state index contributed by atoms with van der Waals surface area (Å²) in [4.78, 5) is 0.377. The van der Waals surface area contributed by atoms with Crippen LogP contribution in [-0.2, 0) is 21.4 Å². The molecule has 21 heavy (non-hydrogen) atoms. The molecular weight excluding hydrogens is 286 g/mol. The van der Waals surface area contributed by atoms with Crippen molar-refractivity contribution in [3.63, 3.8) is 0 Å². The van der Waals surface area contributed by atoms with Crippen LogP contribution in [0.2, 0.25) is 0 Å². The lowest BCUT2D eigenvalue weighted by molar-refractivity contribution is 0.0656. The Balaban J connectivity index is 2.14. The molecule has 0 atom stereocenters. The zero-order valence-electron chi connectivity index (χ0n) is 13.1. The average Bonchev–Trinajstić information content (AvgIpc) is 2.46. The first kappa shape index (κ1) is 16.5. The first-order valence-corrected chi connectivity index (χ1v) is 9.04. The molecule has 5 heteroatoms. The number of hydrogen-bond donors (Lipinski definition) is 0. The van der Waals surface area contributed by atoms with Crippen LogP contribution in [0.3, 0.4) is 0 Å². The van der Waals surface area contributed by atoms with E-state index in [9.17, 15) is 8.42 Å². The van der Waals surface area contributed by atoms with E-state index in [0.29, 0.717) is 30.5 Å². The molecule has 1 fully saturated rings. The Bertz CT molecular complexity index is 561. The van der Waals surface area contributed by atoms with E-state index in [1.807, 2.05) is 19.9 Å². The number of hydrogen-bond acceptors (Lipinski definition) is 3. The minimum Gasteiger partial charge on any atom is -0.374 e. The van der Waals surface area contributed by atoms with Gasteiger partial charge in [0.25, 0.3) is 0 Å². The lowest BCUT2D eigenvalue weighted by atomic mass is 10.0. The van der Waals surface area contributed by atoms with E-state index >= 15 is 0 Å². The summed E-state index contributed by atoms with van der Waals surface area (Å²) in [6, 6.07) is 7.10. The van der Waals surface area contributed by atoms with Gasteiger partial charge in [-0.25, -0.2) is 8.42 Å². The molecule has 0 bridgehead atoms. The smallest absolute Gasteiger partial charge is 0.243 e. The summed E-state index contributed by atoms with van der Waals surface area (Å²) in [6.45, 7) is 7.79. The Kier molecular flexibility index (Phi) is 5.41. The van der Waals surface area contributed by atoms with Crippen LogP contribution in [0.4, 0.5) is 0 Å². The monoisotopic (exact) mass is 311 g/mol. The average molecular weight is 311 g/mol. The molecule has 0 N–H and O–H groups in total. The molecule has 1 aromatic carbocycles. The van der Waals surface area contributed by atoms with Gasteiger partial charge >= 0.3 is 0 Å². The van der Waals surface area contributed by atoms with Gasteiger partial charge in [-0.2, -0.15) is 4.31 Å². The van der Waals surface area contributed by atoms with Crippen molar-refractivity contribution < 1.29 is 13.2 Å². The van der Waals surface area contributed by atoms with E-state index in [4.69, 9.17) is 4.74 Å². The van der Waals surface area contributed by atoms with Crippen LogP contribution < -0.4 is 0 Å². The van der Waals surface area contributed by atoms with Crippen LogP contribution in [0.25, 0.3) is 0 Å². The predicted octanol–water partition coefficient (Wildman–Crippen LogP) is 3.03. The lowest BCUT2D eigenvalue weighted by Crippen LogP contribution is -2.37. The summed E-state index contributed by atoms with van der Waals surface area (Å²) in [6.07, 6.45) is 2.01. The van der Waals surface area contributed by atoms with Crippen LogP contribution in [0.15, 0.2) is 29.2 Å². The second-order valence-corrected chi connectivity index (χ2v) is 8.03. The van der Waals surface area contributed by atoms with Gasteiger partial charge in [0.05, 0.1) is 17.6 Å². The molecule has 2 rings (SSSR count). The summed E-state index contributed by atoms with van der Waals surface area (Å²) in [5.41, 5.74) is 0.898. The van der Waals surface area contributed by atoms with Gasteiger partial charge in [0.2, 0.25) is 10.0 Å². The fourth-order valence-electron chi connectivity index (χ4n) is 2.43. The van der Waals surface area contributed by atoms with Gasteiger partial charge in [0.1, 0.15) is 0 Å². The normalized spacial score (nSPS) is 18.3. The quantitative estimate of drug-likeness (QED) is 0.839. The van der Waals surface area contributed by atoms with Gasteiger partial charge in [-0.3, -0.25) is 0 Å². The highest BCUT2D eigenvalue weighted by Crippen LogP contribution is 2.24. The maximum Gasteiger partial charge on any atom is 0.243 e. The van der Waals surface area contributed by atoms with E-state index < -0.39 is 10.0 Å². The van der Waals surface area contributed by atoms with Crippen molar-refractivity contribution in [2.24, 2.45) is 5.92 Å². The van der Waals surface area contributed by atoms with E-state index in [0.717, 1.165) is 18.4 Å². The fraction of sp³-hybridized carbons (Fsp3) is 0.625. The molecule has 0 saturated carbocycles. The van der Waals surface area contributed by atoms with Gasteiger partial charge in [-0.15, -0.1) is 0 Å². The highest BCUT2D eigenvalue weighted by atomic mass is 32.2. The van der Waals surface area contributed by atoms with Crippen molar-refractivity contribution >= 4 is 10.0 Å². The molecule has 0 spiro atoms. The number of piperidine rings is 1. The Morgan fingerprint density at radius 3 is 2.57 bits per heavy atom. The molecule has 0 unspecified atom stereocenters. The molecule has 1 aliphatic heterocycles. The lowest BCUT2D eigenvalue weighted by Gasteiger charge is -2.29. The molecule has 0 radical (unpaired) electrons. The summed E-state index contributed by atoms with van der Waals surface area (Å²) in [5, 5.41) is 0. The maximum atomic E-state index is 12.7. The summed E-state index contributed by atoms with van der Waals surface area (Å²) < 4.78 is 32.5. The minimum atomic E-state index is -3.37. The molecule has 1 heterocycles. The maximum absolute atomic E-state index is 12.7. The molecule has 0 amide bonds. The van der Waals surface area contributed by atoms with Crippen molar-refractivity contribution in [1.82, 2.24) is 4.31 Å². The van der Waals surface area contributed by atoms with Gasteiger partial charge < -0.3 is 4.74 Å². The van der Waals surface area contributed by atoms with Gasteiger partial charge in [-0.05, 0) is 50.3 Å². The van der Waals surface area contributed by atoms with Crippen molar-refractivity contribution in [3.05, 3.63) is 29.8 Å². The van der Waals surface area contributed by atoms with Crippen LogP contribution in [0, 0.1) is 5.92 Å². The summed E-state index contributed by atoms with van der Waals surface area (Å²) in [5.74, 6) is 0.613. The van der Waals surface area contributed by atoms with Crippen LogP contribution in [-0.4, -0.2) is 31.9 Å². The van der Waals surface area contributed by atoms with Gasteiger partial charge in [0, 0.05) is 13.1 Å². The predicted molar refractivity (Wildman–Crippen MR) is 83.5 cm³/mol. The van der Waals surface area contributed by atoms with E-state index in [-0.39, 0.29) is 6.10 Å². The molecule has 4 nitrogen and oxygen atoms in total. The van der Waals surface area contributed by atoms with E-state index in [1.165, 1.54) is 0 Å². The van der Waals surface area contributed by atoms with Gasteiger partial charge in [-0.1, -0.05) is 19.1 Å². The second kappa shape index (κ2) is 6.90. The third kappa shape index (κ3) is 4.28. The highest BCUT2D eigenvalue weighted by molar-refractivity contribution is 7.89. The second-order valence-electron chi connectivity index (χ2n) is 6.09. The number of rotatable bonds is 5. The molecule has 0 aromatic heterocycles. The third-order valence-electron chi connectivity index (χ3n) is 3.86. The third-order valence-corrected chi connectivity index (χ3v) is 5.76. The van der Waals surface area contributed by atoms with Crippen molar-refractivity contribution in [2.45, 2.75) is 51.2 Å². The molecule has 1 aromatic rings. The van der Waals surface area contributed by atoms with Crippen LogP contribution >= 0.6 is 0 Å². The standard InChI is InChI=1S/C16H25NO3S/c1-13(2)20-12-15-5-4-6-16(11-15)21(18,19)17-9-7-14(3)8-10-17/h4-6,11,13-14H,7-10,12H2,1-3H3. The summed E-state index contributed by atoms with van der Waals surface area (Å²) >= 11 is 0. The molecular formula is C16H25NO3S. The first-order valence-electron chi connectivity index (χ1n) is 7.60. The highest BCUT2D eigenvalue weighted by Gasteiger charge is 2.28. The Morgan fingerprint density at radius 1 is 1.29 bits per heavy atom. The minimum absolute atomic E-state index is 0.133. The first-order chi connectivity index (χ1) is 9.89. The Labute approximate surface area is 128 Å². The van der Waals surface area contributed by atoms with E-state index in [1.54, 1.807) is 22.5 Å². The zero-order chi connectivity index (χ0) is 15.5. The SMILES string of the molecule is CC1CCN(S(=O)(=O)c2cccc(COC(C)C)c2)CC1. The zero-order valence-corrected chi connectivity index (χ0v) is 13.9.